The molecule has 0 unspecified atom stereocenters. The number of anilines is 1. The van der Waals surface area contributed by atoms with Crippen LogP contribution in [0.1, 0.15) is 37.8 Å². The van der Waals surface area contributed by atoms with Crippen molar-refractivity contribution in [2.45, 2.75) is 39.5 Å². The summed E-state index contributed by atoms with van der Waals surface area (Å²) >= 11 is 1.38. The van der Waals surface area contributed by atoms with Crippen molar-refractivity contribution in [3.63, 3.8) is 0 Å². The first kappa shape index (κ1) is 27.9. The summed E-state index contributed by atoms with van der Waals surface area (Å²) in [5, 5.41) is 10.2. The number of quaternary nitrogens is 1. The molecule has 0 radical (unpaired) electrons. The number of ether oxygens (including phenoxy) is 2. The number of fused-ring (bicyclic) bond motifs is 2. The van der Waals surface area contributed by atoms with E-state index in [-0.39, 0.29) is 12.3 Å². The van der Waals surface area contributed by atoms with Crippen LogP contribution in [-0.4, -0.2) is 73.9 Å². The summed E-state index contributed by atoms with van der Waals surface area (Å²) < 4.78 is 13.6. The Morgan fingerprint density at radius 2 is 1.79 bits per heavy atom. The van der Waals surface area contributed by atoms with Gasteiger partial charge in [0.2, 0.25) is 5.91 Å². The van der Waals surface area contributed by atoms with Crippen LogP contribution in [0.2, 0.25) is 0 Å². The van der Waals surface area contributed by atoms with Gasteiger partial charge in [-0.05, 0) is 37.8 Å². The minimum atomic E-state index is -1.03. The quantitative estimate of drug-likeness (QED) is 0.263. The van der Waals surface area contributed by atoms with Crippen LogP contribution in [0.3, 0.4) is 0 Å². The second-order valence-electron chi connectivity index (χ2n) is 10.5. The third-order valence-electron chi connectivity index (χ3n) is 8.00. The van der Waals surface area contributed by atoms with E-state index in [1.165, 1.54) is 16.2 Å². The zero-order chi connectivity index (χ0) is 27.5. The highest BCUT2D eigenvalue weighted by atomic mass is 32.1. The van der Waals surface area contributed by atoms with Gasteiger partial charge >= 0.3 is 5.97 Å². The standard InChI is InChI=1S/C29H37N3O5S/c1-6-32(4,7-2)13-10-14-37-24-15-22-25(16-23(24)36-5)38-28(30-22)31(3)27(35)29(19-26(33)34)17-20-11-8-9-12-21(20)18-29/h8-9,11-12,15-16H,6-7,10,13-14,17-19H2,1-5H3/p+1. The fraction of sp³-hybridized carbons (Fsp3) is 0.483. The molecule has 0 fully saturated rings. The van der Waals surface area contributed by atoms with Gasteiger partial charge < -0.3 is 19.1 Å². The number of hydrogen-bond donors (Lipinski definition) is 1. The van der Waals surface area contributed by atoms with Crippen molar-refractivity contribution in [2.75, 3.05) is 52.3 Å². The lowest BCUT2D eigenvalue weighted by Crippen LogP contribution is -2.44. The molecular weight excluding hydrogens is 502 g/mol. The molecule has 3 aromatic rings. The van der Waals surface area contributed by atoms with Crippen LogP contribution in [-0.2, 0) is 22.4 Å². The van der Waals surface area contributed by atoms with E-state index in [1.807, 2.05) is 36.4 Å². The van der Waals surface area contributed by atoms with E-state index >= 15 is 0 Å². The summed E-state index contributed by atoms with van der Waals surface area (Å²) in [4.78, 5) is 31.9. The topological polar surface area (TPSA) is 89.0 Å². The summed E-state index contributed by atoms with van der Waals surface area (Å²) in [5.74, 6) is 0.0408. The number of amides is 1. The minimum Gasteiger partial charge on any atom is -0.493 e. The van der Waals surface area contributed by atoms with Crippen molar-refractivity contribution < 1.29 is 28.7 Å². The second kappa shape index (κ2) is 11.3. The molecular formula is C29H38N3O5S+. The Hall–Kier alpha value is -3.17. The summed E-state index contributed by atoms with van der Waals surface area (Å²) in [6, 6.07) is 11.6. The lowest BCUT2D eigenvalue weighted by atomic mass is 9.80. The number of thiazole rings is 1. The van der Waals surface area contributed by atoms with Crippen molar-refractivity contribution in [3.8, 4) is 11.5 Å². The van der Waals surface area contributed by atoms with Gasteiger partial charge in [-0.25, -0.2) is 4.98 Å². The molecule has 8 nitrogen and oxygen atoms in total. The molecule has 2 aromatic carbocycles. The maximum absolute atomic E-state index is 13.8. The number of hydrogen-bond acceptors (Lipinski definition) is 6. The van der Waals surface area contributed by atoms with Gasteiger partial charge in [0.1, 0.15) is 0 Å². The Kier molecular flexibility index (Phi) is 8.28. The molecule has 0 aliphatic heterocycles. The van der Waals surface area contributed by atoms with Gasteiger partial charge in [0.15, 0.2) is 16.6 Å². The summed E-state index contributed by atoms with van der Waals surface area (Å²) in [7, 11) is 5.55. The van der Waals surface area contributed by atoms with Gasteiger partial charge in [-0.15, -0.1) is 0 Å². The van der Waals surface area contributed by atoms with E-state index in [1.54, 1.807) is 14.2 Å². The van der Waals surface area contributed by atoms with E-state index in [9.17, 15) is 14.7 Å². The SMILES string of the molecule is CC[N+](C)(CC)CCCOc1cc2nc(N(C)C(=O)C3(CC(=O)O)Cc4ccccc4C3)sc2cc1OC. The van der Waals surface area contributed by atoms with Crippen LogP contribution < -0.4 is 14.4 Å². The number of rotatable bonds is 12. The number of aromatic nitrogens is 1. The van der Waals surface area contributed by atoms with Crippen LogP contribution in [0.4, 0.5) is 5.13 Å². The Balaban J connectivity index is 1.54. The molecule has 1 amide bonds. The third-order valence-corrected chi connectivity index (χ3v) is 9.09. The average Bonchev–Trinajstić information content (AvgIpc) is 3.50. The van der Waals surface area contributed by atoms with Gasteiger partial charge in [0, 0.05) is 25.6 Å². The lowest BCUT2D eigenvalue weighted by Gasteiger charge is -2.32. The largest absolute Gasteiger partial charge is 0.493 e. The molecule has 1 aliphatic rings. The monoisotopic (exact) mass is 540 g/mol. The molecule has 1 heterocycles. The first-order chi connectivity index (χ1) is 18.1. The molecule has 0 saturated heterocycles. The van der Waals surface area contributed by atoms with Crippen LogP contribution in [0.25, 0.3) is 10.2 Å². The molecule has 0 saturated carbocycles. The number of nitrogens with zero attached hydrogens (tertiary/aromatic N) is 3. The van der Waals surface area contributed by atoms with Crippen LogP contribution >= 0.6 is 11.3 Å². The molecule has 1 aliphatic carbocycles. The minimum absolute atomic E-state index is 0.227. The molecule has 1 aromatic heterocycles. The first-order valence-corrected chi connectivity index (χ1v) is 14.0. The molecule has 4 rings (SSSR count). The number of carbonyl (C=O) groups is 2. The fourth-order valence-corrected chi connectivity index (χ4v) is 6.22. The highest BCUT2D eigenvalue weighted by Crippen LogP contribution is 2.43. The van der Waals surface area contributed by atoms with Crippen LogP contribution in [0.5, 0.6) is 11.5 Å². The molecule has 9 heteroatoms. The van der Waals surface area contributed by atoms with Crippen LogP contribution in [0.15, 0.2) is 36.4 Å². The highest BCUT2D eigenvalue weighted by molar-refractivity contribution is 7.22. The fourth-order valence-electron chi connectivity index (χ4n) is 5.29. The summed E-state index contributed by atoms with van der Waals surface area (Å²) in [5.41, 5.74) is 1.75. The van der Waals surface area contributed by atoms with Gasteiger partial charge in [0.25, 0.3) is 0 Å². The summed E-state index contributed by atoms with van der Waals surface area (Å²) in [6.45, 7) is 8.19. The van der Waals surface area contributed by atoms with Gasteiger partial charge in [0.05, 0.1) is 62.5 Å². The number of carboxylic acid groups (broad SMARTS) is 1. The molecule has 0 atom stereocenters. The van der Waals surface area contributed by atoms with E-state index in [2.05, 4.69) is 20.9 Å². The predicted octanol–water partition coefficient (Wildman–Crippen LogP) is 4.78. The smallest absolute Gasteiger partial charge is 0.304 e. The van der Waals surface area contributed by atoms with Gasteiger partial charge in [-0.1, -0.05) is 35.6 Å². The Labute approximate surface area is 228 Å². The number of benzene rings is 2. The number of aliphatic carboxylic acids is 1. The zero-order valence-electron chi connectivity index (χ0n) is 23.0. The van der Waals surface area contributed by atoms with Gasteiger partial charge in [-0.3, -0.25) is 14.5 Å². The molecule has 1 N–H and O–H groups in total. The van der Waals surface area contributed by atoms with E-state index < -0.39 is 11.4 Å². The zero-order valence-corrected chi connectivity index (χ0v) is 23.8. The van der Waals surface area contributed by atoms with Crippen molar-refractivity contribution in [3.05, 3.63) is 47.5 Å². The lowest BCUT2D eigenvalue weighted by molar-refractivity contribution is -0.906. The highest BCUT2D eigenvalue weighted by Gasteiger charge is 2.47. The van der Waals surface area contributed by atoms with Gasteiger partial charge in [-0.2, -0.15) is 0 Å². The van der Waals surface area contributed by atoms with Crippen molar-refractivity contribution in [1.82, 2.24) is 4.98 Å². The predicted molar refractivity (Wildman–Crippen MR) is 150 cm³/mol. The number of methoxy groups -OCH3 is 1. The van der Waals surface area contributed by atoms with Crippen molar-refractivity contribution in [1.29, 1.82) is 0 Å². The van der Waals surface area contributed by atoms with Crippen LogP contribution in [0, 0.1) is 5.41 Å². The second-order valence-corrected chi connectivity index (χ2v) is 11.5. The van der Waals surface area contributed by atoms with Crippen molar-refractivity contribution >= 4 is 38.6 Å². The van der Waals surface area contributed by atoms with E-state index in [0.29, 0.717) is 41.6 Å². The molecule has 38 heavy (non-hydrogen) atoms. The molecule has 204 valence electrons. The van der Waals surface area contributed by atoms with Crippen molar-refractivity contribution in [2.24, 2.45) is 5.41 Å². The third kappa shape index (κ3) is 5.63. The Morgan fingerprint density at radius 1 is 1.13 bits per heavy atom. The Morgan fingerprint density at radius 3 is 2.37 bits per heavy atom. The maximum atomic E-state index is 13.8. The number of carbonyl (C=O) groups excluding carboxylic acids is 1. The Bertz CT molecular complexity index is 1290. The van der Waals surface area contributed by atoms with E-state index in [4.69, 9.17) is 14.5 Å². The molecule has 0 bridgehead atoms. The number of carboxylic acids is 1. The normalized spacial score (nSPS) is 14.3. The summed E-state index contributed by atoms with van der Waals surface area (Å²) in [6.07, 6.45) is 1.51. The first-order valence-electron chi connectivity index (χ1n) is 13.2. The van der Waals surface area contributed by atoms with E-state index in [0.717, 1.165) is 46.4 Å². The average molecular weight is 541 g/mol. The maximum Gasteiger partial charge on any atom is 0.304 e. The molecule has 0 spiro atoms.